The summed E-state index contributed by atoms with van der Waals surface area (Å²) < 4.78 is 5.62. The van der Waals surface area contributed by atoms with Crippen LogP contribution in [0.5, 0.6) is 0 Å². The molecule has 0 amide bonds. The minimum atomic E-state index is -0.514. The molecule has 7 heteroatoms. The molecule has 1 aliphatic heterocycles. The lowest BCUT2D eigenvalue weighted by Gasteiger charge is -2.36. The van der Waals surface area contributed by atoms with Crippen LogP contribution in [0.25, 0.3) is 0 Å². The first kappa shape index (κ1) is 24.9. The van der Waals surface area contributed by atoms with Gasteiger partial charge in [-0.15, -0.1) is 0 Å². The summed E-state index contributed by atoms with van der Waals surface area (Å²) in [5, 5.41) is 4.61. The van der Waals surface area contributed by atoms with Crippen molar-refractivity contribution in [2.75, 3.05) is 18.1 Å². The van der Waals surface area contributed by atoms with Gasteiger partial charge in [0.2, 0.25) is 0 Å². The van der Waals surface area contributed by atoms with Crippen LogP contribution in [0.15, 0.2) is 71.1 Å². The number of rotatable bonds is 7. The van der Waals surface area contributed by atoms with E-state index in [2.05, 4.69) is 12.2 Å². The predicted octanol–water partition coefficient (Wildman–Crippen LogP) is 6.65. The van der Waals surface area contributed by atoms with Gasteiger partial charge in [-0.05, 0) is 60.4 Å². The first-order chi connectivity index (χ1) is 16.4. The van der Waals surface area contributed by atoms with E-state index < -0.39 is 11.9 Å². The maximum absolute atomic E-state index is 13.6. The highest BCUT2D eigenvalue weighted by Crippen LogP contribution is 2.46. The summed E-state index contributed by atoms with van der Waals surface area (Å²) in [6.45, 7) is 4.27. The Morgan fingerprint density at radius 3 is 2.56 bits per heavy atom. The fourth-order valence-electron chi connectivity index (χ4n) is 4.72. The standard InChI is InChI=1S/C27H27Cl2NO3S/c1-3-34-12-11-33-27(32)24-16(2)30-22-14-19(17-7-9-20(28)10-8-17)15-23(31)26(22)25(24)18-5-4-6-21(29)13-18/h4-10,13,19,25,30H,3,11-12,14-15H2,1-2H3/t19-,25-/m0/s1. The van der Waals surface area contributed by atoms with Crippen molar-refractivity contribution in [2.24, 2.45) is 0 Å². The molecule has 1 aliphatic carbocycles. The minimum absolute atomic E-state index is 0.0259. The summed E-state index contributed by atoms with van der Waals surface area (Å²) in [5.41, 5.74) is 4.56. The Bertz CT molecular complexity index is 1160. The van der Waals surface area contributed by atoms with Crippen LogP contribution in [0, 0.1) is 0 Å². The van der Waals surface area contributed by atoms with Crippen LogP contribution >= 0.6 is 35.0 Å². The van der Waals surface area contributed by atoms with Gasteiger partial charge in [0.05, 0.1) is 5.57 Å². The van der Waals surface area contributed by atoms with Crippen molar-refractivity contribution < 1.29 is 14.3 Å². The second-order valence-electron chi connectivity index (χ2n) is 8.46. The lowest BCUT2D eigenvalue weighted by atomic mass is 9.72. The summed E-state index contributed by atoms with van der Waals surface area (Å²) in [5.74, 6) is 0.859. The Morgan fingerprint density at radius 2 is 1.85 bits per heavy atom. The van der Waals surface area contributed by atoms with E-state index in [-0.39, 0.29) is 11.7 Å². The van der Waals surface area contributed by atoms with Gasteiger partial charge in [-0.1, -0.05) is 54.4 Å². The largest absolute Gasteiger partial charge is 0.461 e. The highest BCUT2D eigenvalue weighted by atomic mass is 35.5. The number of esters is 1. The van der Waals surface area contributed by atoms with Crippen molar-refractivity contribution in [1.29, 1.82) is 0 Å². The monoisotopic (exact) mass is 515 g/mol. The average Bonchev–Trinajstić information content (AvgIpc) is 2.81. The first-order valence-corrected chi connectivity index (χ1v) is 13.3. The zero-order valence-electron chi connectivity index (χ0n) is 19.2. The molecule has 2 aromatic carbocycles. The molecule has 4 nitrogen and oxygen atoms in total. The van der Waals surface area contributed by atoms with Crippen molar-refractivity contribution in [3.63, 3.8) is 0 Å². The van der Waals surface area contributed by atoms with E-state index >= 15 is 0 Å². The van der Waals surface area contributed by atoms with Crippen molar-refractivity contribution >= 4 is 46.7 Å². The van der Waals surface area contributed by atoms with Crippen LogP contribution < -0.4 is 5.32 Å². The van der Waals surface area contributed by atoms with Gasteiger partial charge < -0.3 is 10.1 Å². The molecule has 2 aliphatic rings. The zero-order chi connectivity index (χ0) is 24.2. The molecule has 2 aromatic rings. The highest BCUT2D eigenvalue weighted by molar-refractivity contribution is 7.99. The van der Waals surface area contributed by atoms with Crippen molar-refractivity contribution in [1.82, 2.24) is 5.32 Å². The lowest BCUT2D eigenvalue weighted by molar-refractivity contribution is -0.138. The second kappa shape index (κ2) is 11.0. The number of hydrogen-bond acceptors (Lipinski definition) is 5. The van der Waals surface area contributed by atoms with E-state index in [0.717, 1.165) is 28.3 Å². The normalized spacial score (nSPS) is 20.2. The summed E-state index contributed by atoms with van der Waals surface area (Å²) >= 11 is 14.1. The second-order valence-corrected chi connectivity index (χ2v) is 10.7. The number of nitrogens with one attached hydrogen (secondary N) is 1. The number of hydrogen-bond donors (Lipinski definition) is 1. The number of benzene rings is 2. The molecule has 1 heterocycles. The molecule has 0 fully saturated rings. The fourth-order valence-corrected chi connectivity index (χ4v) is 5.53. The van der Waals surface area contributed by atoms with E-state index in [0.29, 0.717) is 46.3 Å². The average molecular weight is 516 g/mol. The number of dihydropyridines is 1. The molecule has 0 saturated carbocycles. The Hall–Kier alpha value is -2.21. The van der Waals surface area contributed by atoms with Crippen LogP contribution in [0.4, 0.5) is 0 Å². The number of thioether (sulfide) groups is 1. The molecule has 4 rings (SSSR count). The number of halogens is 2. The molecule has 0 saturated heterocycles. The third-order valence-electron chi connectivity index (χ3n) is 6.24. The molecule has 1 N–H and O–H groups in total. The maximum Gasteiger partial charge on any atom is 0.336 e. The summed E-state index contributed by atoms with van der Waals surface area (Å²) in [6.07, 6.45) is 1.04. The minimum Gasteiger partial charge on any atom is -0.461 e. The SMILES string of the molecule is CCSCCOC(=O)C1=C(C)NC2=C(C(=O)C[C@@H](c3ccc(Cl)cc3)C2)[C@H]1c1cccc(Cl)c1. The van der Waals surface area contributed by atoms with E-state index in [9.17, 15) is 9.59 Å². The van der Waals surface area contributed by atoms with E-state index in [1.165, 1.54) is 0 Å². The number of ketones is 1. The fraction of sp³-hybridized carbons (Fsp3) is 0.333. The molecule has 0 unspecified atom stereocenters. The number of allylic oxidation sites excluding steroid dienone is 3. The van der Waals surface area contributed by atoms with E-state index in [4.69, 9.17) is 27.9 Å². The molecule has 34 heavy (non-hydrogen) atoms. The molecule has 0 spiro atoms. The topological polar surface area (TPSA) is 55.4 Å². The van der Waals surface area contributed by atoms with Crippen molar-refractivity contribution in [3.05, 3.63) is 92.2 Å². The molecule has 0 radical (unpaired) electrons. The summed E-state index contributed by atoms with van der Waals surface area (Å²) in [6, 6.07) is 15.0. The summed E-state index contributed by atoms with van der Waals surface area (Å²) in [4.78, 5) is 26.8. The third-order valence-corrected chi connectivity index (χ3v) is 7.59. The van der Waals surface area contributed by atoms with E-state index in [1.54, 1.807) is 17.8 Å². The van der Waals surface area contributed by atoms with Gasteiger partial charge in [-0.25, -0.2) is 4.79 Å². The van der Waals surface area contributed by atoms with Crippen LogP contribution in [0.3, 0.4) is 0 Å². The van der Waals surface area contributed by atoms with Crippen LogP contribution in [-0.4, -0.2) is 29.9 Å². The zero-order valence-corrected chi connectivity index (χ0v) is 21.5. The van der Waals surface area contributed by atoms with Crippen LogP contribution in [-0.2, 0) is 14.3 Å². The van der Waals surface area contributed by atoms with Gasteiger partial charge >= 0.3 is 5.97 Å². The Balaban J connectivity index is 1.71. The Labute approximate surface area is 214 Å². The Kier molecular flexibility index (Phi) is 8.07. The number of carbonyl (C=O) groups is 2. The third kappa shape index (κ3) is 5.37. The maximum atomic E-state index is 13.6. The predicted molar refractivity (Wildman–Crippen MR) is 139 cm³/mol. The smallest absolute Gasteiger partial charge is 0.336 e. The summed E-state index contributed by atoms with van der Waals surface area (Å²) in [7, 11) is 0. The molecule has 0 bridgehead atoms. The van der Waals surface area contributed by atoms with Crippen molar-refractivity contribution in [2.45, 2.75) is 38.5 Å². The van der Waals surface area contributed by atoms with Gasteiger partial charge in [-0.3, -0.25) is 4.79 Å². The van der Waals surface area contributed by atoms with Gasteiger partial charge in [0.15, 0.2) is 5.78 Å². The van der Waals surface area contributed by atoms with Crippen molar-refractivity contribution in [3.8, 4) is 0 Å². The highest BCUT2D eigenvalue weighted by Gasteiger charge is 2.41. The molecular formula is C27H27Cl2NO3S. The Morgan fingerprint density at radius 1 is 1.09 bits per heavy atom. The first-order valence-electron chi connectivity index (χ1n) is 11.4. The quantitative estimate of drug-likeness (QED) is 0.330. The van der Waals surface area contributed by atoms with E-state index in [1.807, 2.05) is 49.4 Å². The van der Waals surface area contributed by atoms with Gasteiger partial charge in [0.1, 0.15) is 6.61 Å². The van der Waals surface area contributed by atoms with Crippen LogP contribution in [0.2, 0.25) is 10.0 Å². The number of Topliss-reactive ketones (excluding diaryl/α,β-unsaturated/α-hetero) is 1. The molecule has 2 atom stereocenters. The molecule has 0 aromatic heterocycles. The van der Waals surface area contributed by atoms with Gasteiger partial charge in [-0.2, -0.15) is 11.8 Å². The van der Waals surface area contributed by atoms with Gasteiger partial charge in [0, 0.05) is 45.1 Å². The molecule has 178 valence electrons. The molecular weight excluding hydrogens is 489 g/mol. The van der Waals surface area contributed by atoms with Gasteiger partial charge in [0.25, 0.3) is 0 Å². The van der Waals surface area contributed by atoms with Crippen LogP contribution in [0.1, 0.15) is 49.7 Å². The number of carbonyl (C=O) groups excluding carboxylic acids is 2. The lowest BCUT2D eigenvalue weighted by Crippen LogP contribution is -2.36. The number of ether oxygens (including phenoxy) is 1.